The second kappa shape index (κ2) is 6.77. The van der Waals surface area contributed by atoms with Crippen molar-refractivity contribution in [1.82, 2.24) is 0 Å². The van der Waals surface area contributed by atoms with E-state index in [4.69, 9.17) is 4.74 Å². The Kier molecular flexibility index (Phi) is 5.53. The minimum absolute atomic E-state index is 0.189. The van der Waals surface area contributed by atoms with Gasteiger partial charge in [-0.3, -0.25) is 4.79 Å². The molecular weight excluding hydrogens is 176 g/mol. The largest absolute Gasteiger partial charge is 0.374 e. The molecule has 0 aromatic rings. The molecule has 0 heterocycles. The van der Waals surface area contributed by atoms with Gasteiger partial charge in [0.15, 0.2) is 5.78 Å². The molecule has 1 aliphatic rings. The molecule has 0 unspecified atom stereocenters. The number of allylic oxidation sites excluding steroid dienone is 1. The van der Waals surface area contributed by atoms with Gasteiger partial charge >= 0.3 is 0 Å². The van der Waals surface area contributed by atoms with Crippen molar-refractivity contribution < 1.29 is 9.53 Å². The molecule has 0 aliphatic heterocycles. The van der Waals surface area contributed by atoms with E-state index in [9.17, 15) is 4.79 Å². The van der Waals surface area contributed by atoms with Gasteiger partial charge in [0.25, 0.3) is 0 Å². The summed E-state index contributed by atoms with van der Waals surface area (Å²) in [6.07, 6.45) is 9.08. The number of ether oxygens (including phenoxy) is 1. The Bertz CT molecular complexity index is 206. The van der Waals surface area contributed by atoms with Crippen molar-refractivity contribution in [3.63, 3.8) is 0 Å². The Morgan fingerprint density at radius 2 is 2.14 bits per heavy atom. The lowest BCUT2D eigenvalue weighted by Crippen LogP contribution is -2.12. The summed E-state index contributed by atoms with van der Waals surface area (Å²) in [5.74, 6) is 0.189. The van der Waals surface area contributed by atoms with Crippen LogP contribution < -0.4 is 0 Å². The summed E-state index contributed by atoms with van der Waals surface area (Å²) in [6.45, 7) is 2.81. The molecular formula is C12H20O2. The van der Waals surface area contributed by atoms with Crippen LogP contribution in [0.4, 0.5) is 0 Å². The fourth-order valence-corrected chi connectivity index (χ4v) is 1.73. The lowest BCUT2D eigenvalue weighted by Gasteiger charge is -2.10. The third-order valence-electron chi connectivity index (χ3n) is 2.59. The zero-order valence-electron chi connectivity index (χ0n) is 9.05. The molecule has 2 heteroatoms. The minimum Gasteiger partial charge on any atom is -0.374 e. The maximum Gasteiger partial charge on any atom is 0.184 e. The van der Waals surface area contributed by atoms with E-state index in [0.717, 1.165) is 24.8 Å². The van der Waals surface area contributed by atoms with Crippen molar-refractivity contribution in [2.75, 3.05) is 13.2 Å². The molecule has 0 saturated carbocycles. The highest BCUT2D eigenvalue weighted by Crippen LogP contribution is 2.17. The Morgan fingerprint density at radius 1 is 1.36 bits per heavy atom. The zero-order chi connectivity index (χ0) is 10.2. The fraction of sp³-hybridized carbons (Fsp3) is 0.750. The summed E-state index contributed by atoms with van der Waals surface area (Å²) in [4.78, 5) is 11.6. The molecule has 1 rings (SSSR count). The van der Waals surface area contributed by atoms with Crippen molar-refractivity contribution in [3.05, 3.63) is 11.6 Å². The van der Waals surface area contributed by atoms with Gasteiger partial charge < -0.3 is 4.74 Å². The van der Waals surface area contributed by atoms with Crippen LogP contribution in [-0.2, 0) is 9.53 Å². The van der Waals surface area contributed by atoms with Crippen LogP contribution in [-0.4, -0.2) is 19.0 Å². The number of Topliss-reactive ketones (excluding diaryl/α,β-unsaturated/α-hetero) is 1. The topological polar surface area (TPSA) is 26.3 Å². The molecule has 0 bridgehead atoms. The van der Waals surface area contributed by atoms with Crippen LogP contribution in [0, 0.1) is 0 Å². The maximum absolute atomic E-state index is 11.6. The van der Waals surface area contributed by atoms with Gasteiger partial charge in [-0.05, 0) is 38.2 Å². The second-order valence-corrected chi connectivity index (χ2v) is 3.74. The van der Waals surface area contributed by atoms with E-state index in [-0.39, 0.29) is 12.4 Å². The van der Waals surface area contributed by atoms with Gasteiger partial charge in [-0.25, -0.2) is 0 Å². The van der Waals surface area contributed by atoms with E-state index in [1.165, 1.54) is 19.3 Å². The van der Waals surface area contributed by atoms with Gasteiger partial charge in [0, 0.05) is 6.61 Å². The second-order valence-electron chi connectivity index (χ2n) is 3.74. The third-order valence-corrected chi connectivity index (χ3v) is 2.59. The van der Waals surface area contributed by atoms with E-state index in [1.54, 1.807) is 0 Å². The van der Waals surface area contributed by atoms with Gasteiger partial charge in [-0.1, -0.05) is 18.9 Å². The SMILES string of the molecule is CCOCC(=O)C1=CCCCCCC1. The van der Waals surface area contributed by atoms with Gasteiger partial charge in [0.05, 0.1) is 0 Å². The molecule has 0 aromatic heterocycles. The Hall–Kier alpha value is -0.630. The summed E-state index contributed by atoms with van der Waals surface area (Å²) in [6, 6.07) is 0. The van der Waals surface area contributed by atoms with Crippen LogP contribution in [0.5, 0.6) is 0 Å². The van der Waals surface area contributed by atoms with Crippen LogP contribution in [0.15, 0.2) is 11.6 Å². The standard InChI is InChI=1S/C12H20O2/c1-2-14-10-12(13)11-8-6-4-3-5-7-9-11/h8H,2-7,9-10H2,1H3. The number of rotatable bonds is 4. The first kappa shape index (κ1) is 11.4. The molecule has 1 aliphatic carbocycles. The summed E-state index contributed by atoms with van der Waals surface area (Å²) in [7, 11) is 0. The molecule has 0 amide bonds. The van der Waals surface area contributed by atoms with Gasteiger partial charge in [0.1, 0.15) is 6.61 Å². The molecule has 0 fully saturated rings. The van der Waals surface area contributed by atoms with E-state index in [0.29, 0.717) is 6.61 Å². The molecule has 2 nitrogen and oxygen atoms in total. The minimum atomic E-state index is 0.189. The smallest absolute Gasteiger partial charge is 0.184 e. The van der Waals surface area contributed by atoms with Gasteiger partial charge in [-0.15, -0.1) is 0 Å². The third kappa shape index (κ3) is 4.05. The van der Waals surface area contributed by atoms with Crippen molar-refractivity contribution in [2.45, 2.75) is 45.4 Å². The summed E-state index contributed by atoms with van der Waals surface area (Å²) < 4.78 is 5.13. The number of ketones is 1. The molecule has 0 atom stereocenters. The molecule has 0 spiro atoms. The molecule has 80 valence electrons. The zero-order valence-corrected chi connectivity index (χ0v) is 9.05. The highest BCUT2D eigenvalue weighted by Gasteiger charge is 2.10. The van der Waals surface area contributed by atoms with E-state index in [2.05, 4.69) is 6.08 Å². The average Bonchev–Trinajstić information content (AvgIpc) is 2.13. The predicted molar refractivity (Wildman–Crippen MR) is 57.3 cm³/mol. The Morgan fingerprint density at radius 3 is 2.93 bits per heavy atom. The van der Waals surface area contributed by atoms with Crippen LogP contribution >= 0.6 is 0 Å². The molecule has 0 radical (unpaired) electrons. The first-order valence-corrected chi connectivity index (χ1v) is 5.64. The lowest BCUT2D eigenvalue weighted by atomic mass is 9.97. The highest BCUT2D eigenvalue weighted by atomic mass is 16.5. The lowest BCUT2D eigenvalue weighted by molar-refractivity contribution is -0.120. The van der Waals surface area contributed by atoms with E-state index in [1.807, 2.05) is 6.92 Å². The van der Waals surface area contributed by atoms with Crippen molar-refractivity contribution >= 4 is 5.78 Å². The number of hydrogen-bond acceptors (Lipinski definition) is 2. The van der Waals surface area contributed by atoms with E-state index < -0.39 is 0 Å². The van der Waals surface area contributed by atoms with Crippen LogP contribution in [0.25, 0.3) is 0 Å². The average molecular weight is 196 g/mol. The van der Waals surface area contributed by atoms with Crippen LogP contribution in [0.2, 0.25) is 0 Å². The number of carbonyl (C=O) groups excluding carboxylic acids is 1. The Labute approximate surface area is 86.3 Å². The number of carbonyl (C=O) groups is 1. The molecule has 0 N–H and O–H groups in total. The summed E-state index contributed by atoms with van der Waals surface area (Å²) in [5, 5.41) is 0. The van der Waals surface area contributed by atoms with Crippen molar-refractivity contribution in [3.8, 4) is 0 Å². The molecule has 0 saturated heterocycles. The van der Waals surface area contributed by atoms with Gasteiger partial charge in [-0.2, -0.15) is 0 Å². The van der Waals surface area contributed by atoms with Crippen LogP contribution in [0.1, 0.15) is 45.4 Å². The van der Waals surface area contributed by atoms with Gasteiger partial charge in [0.2, 0.25) is 0 Å². The van der Waals surface area contributed by atoms with Crippen LogP contribution in [0.3, 0.4) is 0 Å². The summed E-state index contributed by atoms with van der Waals surface area (Å²) in [5.41, 5.74) is 0.998. The number of hydrogen-bond donors (Lipinski definition) is 0. The summed E-state index contributed by atoms with van der Waals surface area (Å²) >= 11 is 0. The first-order chi connectivity index (χ1) is 6.84. The predicted octanol–water partition coefficient (Wildman–Crippen LogP) is 2.87. The van der Waals surface area contributed by atoms with Crippen molar-refractivity contribution in [2.24, 2.45) is 0 Å². The normalized spacial score (nSPS) is 18.2. The fourth-order valence-electron chi connectivity index (χ4n) is 1.73. The van der Waals surface area contributed by atoms with Crippen molar-refractivity contribution in [1.29, 1.82) is 0 Å². The first-order valence-electron chi connectivity index (χ1n) is 5.64. The maximum atomic E-state index is 11.6. The molecule has 14 heavy (non-hydrogen) atoms. The highest BCUT2D eigenvalue weighted by molar-refractivity contribution is 5.96. The van der Waals surface area contributed by atoms with E-state index >= 15 is 0 Å². The monoisotopic (exact) mass is 196 g/mol. The molecule has 0 aromatic carbocycles. The Balaban J connectivity index is 2.42. The quantitative estimate of drug-likeness (QED) is 0.691.